The molecule has 220 valence electrons. The summed E-state index contributed by atoms with van der Waals surface area (Å²) in [5, 5.41) is 1.11. The highest BCUT2D eigenvalue weighted by atomic mass is 19.1. The number of hydrogen-bond acceptors (Lipinski definition) is 3. The highest BCUT2D eigenvalue weighted by Crippen LogP contribution is 2.41. The maximum atomic E-state index is 15.3. The van der Waals surface area contributed by atoms with E-state index >= 15 is 8.78 Å². The SMILES string of the molecule is C=C1CCc2c(cc3n(c2=O)Cc2c-3nc3cc4c(cc3c2CCc2cc(F)c(N3CCCCC3)c(F)c2)CCC4)C1C. The van der Waals surface area contributed by atoms with Crippen LogP contribution < -0.4 is 10.5 Å². The first-order valence-electron chi connectivity index (χ1n) is 16.0. The Hall–Kier alpha value is -3.80. The molecule has 2 aromatic carbocycles. The van der Waals surface area contributed by atoms with Crippen LogP contribution in [0.2, 0.25) is 0 Å². The number of aryl methyl sites for hydroxylation is 4. The summed E-state index contributed by atoms with van der Waals surface area (Å²) >= 11 is 0. The Kier molecular flexibility index (Phi) is 6.32. The highest BCUT2D eigenvalue weighted by Gasteiger charge is 2.31. The summed E-state index contributed by atoms with van der Waals surface area (Å²) in [7, 11) is 0. The Balaban J connectivity index is 1.22. The number of aromatic nitrogens is 2. The van der Waals surface area contributed by atoms with Crippen molar-refractivity contribution >= 4 is 16.6 Å². The van der Waals surface area contributed by atoms with Gasteiger partial charge in [0.2, 0.25) is 0 Å². The number of rotatable bonds is 4. The standard InChI is InChI=1S/C37H37F2N3O/c1-21-9-11-27-28(22(21)2)19-34-35-30(20-42(34)37(27)43)26(29-17-24-7-6-8-25(24)18-33(29)40-35)12-10-23-15-31(38)36(32(39)16-23)41-13-4-3-5-14-41/h15-19,22H,1,3-14,20H2,2H3. The smallest absolute Gasteiger partial charge is 0.254 e. The second-order valence-corrected chi connectivity index (χ2v) is 13.1. The molecular formula is C37H37F2N3O. The molecule has 0 bridgehead atoms. The molecule has 4 heterocycles. The van der Waals surface area contributed by atoms with Crippen LogP contribution in [-0.4, -0.2) is 22.6 Å². The molecule has 1 fully saturated rings. The number of hydrogen-bond donors (Lipinski definition) is 0. The van der Waals surface area contributed by atoms with Gasteiger partial charge >= 0.3 is 0 Å². The van der Waals surface area contributed by atoms with Gasteiger partial charge in [-0.2, -0.15) is 0 Å². The minimum absolute atomic E-state index is 0.0831. The van der Waals surface area contributed by atoms with Gasteiger partial charge in [-0.25, -0.2) is 13.8 Å². The molecule has 1 saturated heterocycles. The number of allylic oxidation sites excluding steroid dienone is 1. The zero-order chi connectivity index (χ0) is 29.4. The van der Waals surface area contributed by atoms with E-state index in [0.29, 0.717) is 38.0 Å². The normalized spacial score (nSPS) is 19.0. The second-order valence-electron chi connectivity index (χ2n) is 13.1. The first kappa shape index (κ1) is 26.8. The maximum absolute atomic E-state index is 15.3. The van der Waals surface area contributed by atoms with E-state index in [-0.39, 0.29) is 17.2 Å². The topological polar surface area (TPSA) is 38.1 Å². The van der Waals surface area contributed by atoms with Gasteiger partial charge in [0.05, 0.1) is 23.4 Å². The molecular weight excluding hydrogens is 540 g/mol. The first-order chi connectivity index (χ1) is 20.9. The van der Waals surface area contributed by atoms with E-state index in [2.05, 4.69) is 31.7 Å². The molecule has 0 amide bonds. The average Bonchev–Trinajstić information content (AvgIpc) is 3.61. The van der Waals surface area contributed by atoms with Gasteiger partial charge < -0.3 is 9.47 Å². The van der Waals surface area contributed by atoms with Crippen LogP contribution in [0.3, 0.4) is 0 Å². The lowest BCUT2D eigenvalue weighted by molar-refractivity contribution is 0.529. The molecule has 4 aliphatic rings. The summed E-state index contributed by atoms with van der Waals surface area (Å²) in [5.74, 6) is -0.799. The van der Waals surface area contributed by atoms with E-state index in [1.54, 1.807) is 0 Å². The molecule has 4 aromatic rings. The minimum atomic E-state index is -0.472. The van der Waals surface area contributed by atoms with Crippen molar-refractivity contribution in [1.82, 2.24) is 9.55 Å². The number of pyridine rings is 2. The van der Waals surface area contributed by atoms with Crippen LogP contribution in [-0.2, 0) is 38.6 Å². The van der Waals surface area contributed by atoms with Gasteiger partial charge in [-0.1, -0.05) is 19.1 Å². The van der Waals surface area contributed by atoms with E-state index < -0.39 is 11.6 Å². The molecule has 0 N–H and O–H groups in total. The third kappa shape index (κ3) is 4.28. The summed E-state index contributed by atoms with van der Waals surface area (Å²) in [5.41, 5.74) is 11.7. The molecule has 1 atom stereocenters. The molecule has 0 spiro atoms. The molecule has 2 aliphatic carbocycles. The van der Waals surface area contributed by atoms with E-state index in [9.17, 15) is 4.79 Å². The van der Waals surface area contributed by atoms with Crippen molar-refractivity contribution in [2.75, 3.05) is 18.0 Å². The number of halogens is 2. The quantitative estimate of drug-likeness (QED) is 0.207. The summed E-state index contributed by atoms with van der Waals surface area (Å²) < 4.78 is 32.6. The number of fused-ring (bicyclic) bond motifs is 6. The van der Waals surface area contributed by atoms with Gasteiger partial charge in [-0.15, -0.1) is 0 Å². The maximum Gasteiger partial charge on any atom is 0.254 e. The molecule has 6 heteroatoms. The Morgan fingerprint density at radius 1 is 0.884 bits per heavy atom. The van der Waals surface area contributed by atoms with Crippen LogP contribution in [0.5, 0.6) is 0 Å². The van der Waals surface area contributed by atoms with E-state index in [1.165, 1.54) is 28.8 Å². The van der Waals surface area contributed by atoms with Gasteiger partial charge in [0.15, 0.2) is 0 Å². The summed E-state index contributed by atoms with van der Waals surface area (Å²) in [4.78, 5) is 20.9. The molecule has 2 aliphatic heterocycles. The third-order valence-corrected chi connectivity index (χ3v) is 10.6. The Morgan fingerprint density at radius 2 is 1.63 bits per heavy atom. The van der Waals surface area contributed by atoms with Gasteiger partial charge in [-0.05, 0) is 122 Å². The van der Waals surface area contributed by atoms with Crippen LogP contribution >= 0.6 is 0 Å². The van der Waals surface area contributed by atoms with Crippen molar-refractivity contribution < 1.29 is 8.78 Å². The van der Waals surface area contributed by atoms with Crippen LogP contribution in [0, 0.1) is 11.6 Å². The fourth-order valence-corrected chi connectivity index (χ4v) is 8.14. The number of anilines is 1. The largest absolute Gasteiger partial charge is 0.367 e. The fraction of sp³-hybridized carbons (Fsp3) is 0.405. The Bertz CT molecular complexity index is 1880. The van der Waals surface area contributed by atoms with Gasteiger partial charge in [0.1, 0.15) is 17.3 Å². The van der Waals surface area contributed by atoms with Crippen molar-refractivity contribution in [3.63, 3.8) is 0 Å². The van der Waals surface area contributed by atoms with E-state index in [0.717, 1.165) is 95.9 Å². The number of nitrogens with zero attached hydrogens (tertiary/aromatic N) is 3. The van der Waals surface area contributed by atoms with Crippen molar-refractivity contribution in [3.8, 4) is 11.4 Å². The lowest BCUT2D eigenvalue weighted by atomic mass is 9.81. The average molecular weight is 578 g/mol. The molecule has 2 aromatic heterocycles. The predicted molar refractivity (Wildman–Crippen MR) is 168 cm³/mol. The summed E-state index contributed by atoms with van der Waals surface area (Å²) in [6.45, 7) is 8.29. The third-order valence-electron chi connectivity index (χ3n) is 10.6. The zero-order valence-electron chi connectivity index (χ0n) is 24.9. The van der Waals surface area contributed by atoms with Crippen molar-refractivity contribution in [2.24, 2.45) is 0 Å². The van der Waals surface area contributed by atoms with Gasteiger partial charge in [-0.3, -0.25) is 4.79 Å². The molecule has 8 rings (SSSR count). The lowest BCUT2D eigenvalue weighted by Crippen LogP contribution is -2.31. The van der Waals surface area contributed by atoms with Crippen LogP contribution in [0.4, 0.5) is 14.5 Å². The lowest BCUT2D eigenvalue weighted by Gasteiger charge is -2.29. The van der Waals surface area contributed by atoms with Gasteiger partial charge in [0.25, 0.3) is 5.56 Å². The van der Waals surface area contributed by atoms with Gasteiger partial charge in [0, 0.05) is 35.5 Å². The van der Waals surface area contributed by atoms with Crippen molar-refractivity contribution in [1.29, 1.82) is 0 Å². The van der Waals surface area contributed by atoms with E-state index in [4.69, 9.17) is 4.98 Å². The Morgan fingerprint density at radius 3 is 2.40 bits per heavy atom. The molecule has 43 heavy (non-hydrogen) atoms. The molecule has 0 saturated carbocycles. The number of piperidine rings is 1. The molecule has 0 radical (unpaired) electrons. The van der Waals surface area contributed by atoms with Crippen molar-refractivity contribution in [2.45, 2.75) is 83.6 Å². The Labute approximate surface area is 251 Å². The molecule has 4 nitrogen and oxygen atoms in total. The highest BCUT2D eigenvalue weighted by molar-refractivity contribution is 5.89. The number of benzene rings is 2. The fourth-order valence-electron chi connectivity index (χ4n) is 8.14. The summed E-state index contributed by atoms with van der Waals surface area (Å²) in [6.07, 6.45) is 9.01. The predicted octanol–water partition coefficient (Wildman–Crippen LogP) is 7.57. The summed E-state index contributed by atoms with van der Waals surface area (Å²) in [6, 6.07) is 9.75. The second kappa shape index (κ2) is 10.1. The minimum Gasteiger partial charge on any atom is -0.367 e. The van der Waals surface area contributed by atoms with Crippen LogP contribution in [0.25, 0.3) is 22.3 Å². The monoisotopic (exact) mass is 577 g/mol. The van der Waals surface area contributed by atoms with Crippen LogP contribution in [0.1, 0.15) is 83.9 Å². The first-order valence-corrected chi connectivity index (χ1v) is 16.0. The molecule has 1 unspecified atom stereocenters. The van der Waals surface area contributed by atoms with E-state index in [1.807, 2.05) is 9.47 Å². The zero-order valence-corrected chi connectivity index (χ0v) is 24.9. The van der Waals surface area contributed by atoms with Crippen LogP contribution in [0.15, 0.2) is 47.3 Å². The van der Waals surface area contributed by atoms with Crippen molar-refractivity contribution in [3.05, 3.63) is 103 Å².